The first-order valence-corrected chi connectivity index (χ1v) is 9.52. The molecule has 0 spiro atoms. The minimum Gasteiger partial charge on any atom is -0.324 e. The summed E-state index contributed by atoms with van der Waals surface area (Å²) < 4.78 is 1.87. The van der Waals surface area contributed by atoms with Crippen molar-refractivity contribution in [2.24, 2.45) is 7.05 Å². The minimum atomic E-state index is -0.195. The van der Waals surface area contributed by atoms with E-state index in [2.05, 4.69) is 15.5 Å². The standard InChI is InChI=1S/C18H16Cl2N4OS/c1-11-4-3-5-12(8-11)17-22-23-18(24(17)2)26-10-16(25)21-15-9-13(19)6-7-14(15)20/h3-9H,10H2,1-2H3,(H,21,25). The topological polar surface area (TPSA) is 59.8 Å². The summed E-state index contributed by atoms with van der Waals surface area (Å²) in [7, 11) is 1.88. The third-order valence-electron chi connectivity index (χ3n) is 3.65. The van der Waals surface area contributed by atoms with Crippen LogP contribution in [0.1, 0.15) is 5.56 Å². The van der Waals surface area contributed by atoms with Gasteiger partial charge < -0.3 is 9.88 Å². The summed E-state index contributed by atoms with van der Waals surface area (Å²) in [4.78, 5) is 12.2. The van der Waals surface area contributed by atoms with Gasteiger partial charge in [-0.15, -0.1) is 10.2 Å². The van der Waals surface area contributed by atoms with Gasteiger partial charge >= 0.3 is 0 Å². The van der Waals surface area contributed by atoms with Gasteiger partial charge in [-0.25, -0.2) is 0 Å². The van der Waals surface area contributed by atoms with Crippen molar-refractivity contribution in [3.63, 3.8) is 0 Å². The fourth-order valence-corrected chi connectivity index (χ4v) is 3.43. The third-order valence-corrected chi connectivity index (χ3v) is 5.23. The number of hydrogen-bond acceptors (Lipinski definition) is 4. The van der Waals surface area contributed by atoms with Gasteiger partial charge in [0.15, 0.2) is 11.0 Å². The number of benzene rings is 2. The predicted molar refractivity (Wildman–Crippen MR) is 107 cm³/mol. The van der Waals surface area contributed by atoms with Crippen molar-refractivity contribution in [1.82, 2.24) is 14.8 Å². The van der Waals surface area contributed by atoms with Crippen LogP contribution in [0.25, 0.3) is 11.4 Å². The molecule has 0 saturated carbocycles. The number of thioether (sulfide) groups is 1. The summed E-state index contributed by atoms with van der Waals surface area (Å²) in [6, 6.07) is 13.0. The second-order valence-corrected chi connectivity index (χ2v) is 7.48. The zero-order chi connectivity index (χ0) is 18.7. The van der Waals surface area contributed by atoms with E-state index in [0.29, 0.717) is 20.9 Å². The molecule has 0 unspecified atom stereocenters. The van der Waals surface area contributed by atoms with Crippen molar-refractivity contribution in [1.29, 1.82) is 0 Å². The molecule has 1 N–H and O–H groups in total. The molecular formula is C18H16Cl2N4OS. The van der Waals surface area contributed by atoms with E-state index >= 15 is 0 Å². The second kappa shape index (κ2) is 8.12. The smallest absolute Gasteiger partial charge is 0.234 e. The van der Waals surface area contributed by atoms with Gasteiger partial charge in [0.25, 0.3) is 0 Å². The summed E-state index contributed by atoms with van der Waals surface area (Å²) in [5.74, 6) is 0.747. The Hall–Kier alpha value is -2.02. The van der Waals surface area contributed by atoms with Crippen LogP contribution in [0.2, 0.25) is 10.0 Å². The lowest BCUT2D eigenvalue weighted by Crippen LogP contribution is -2.14. The lowest BCUT2D eigenvalue weighted by atomic mass is 10.1. The highest BCUT2D eigenvalue weighted by Crippen LogP contribution is 2.26. The van der Waals surface area contributed by atoms with Crippen LogP contribution < -0.4 is 5.32 Å². The molecule has 26 heavy (non-hydrogen) atoms. The van der Waals surface area contributed by atoms with E-state index < -0.39 is 0 Å². The van der Waals surface area contributed by atoms with Gasteiger partial charge in [0.2, 0.25) is 5.91 Å². The molecule has 0 atom stereocenters. The molecule has 0 saturated heterocycles. The number of rotatable bonds is 5. The number of amides is 1. The van der Waals surface area contributed by atoms with Crippen molar-refractivity contribution < 1.29 is 4.79 Å². The molecule has 0 fully saturated rings. The zero-order valence-electron chi connectivity index (χ0n) is 14.2. The van der Waals surface area contributed by atoms with E-state index in [-0.39, 0.29) is 11.7 Å². The summed E-state index contributed by atoms with van der Waals surface area (Å²) in [5, 5.41) is 12.8. The first-order chi connectivity index (χ1) is 12.4. The highest BCUT2D eigenvalue weighted by atomic mass is 35.5. The average Bonchev–Trinajstić information content (AvgIpc) is 2.97. The van der Waals surface area contributed by atoms with E-state index in [4.69, 9.17) is 23.2 Å². The number of nitrogens with zero attached hydrogens (tertiary/aromatic N) is 3. The molecule has 0 aliphatic carbocycles. The highest BCUT2D eigenvalue weighted by molar-refractivity contribution is 7.99. The number of nitrogens with one attached hydrogen (secondary N) is 1. The number of hydrogen-bond donors (Lipinski definition) is 1. The van der Waals surface area contributed by atoms with Crippen molar-refractivity contribution in [3.8, 4) is 11.4 Å². The van der Waals surface area contributed by atoms with E-state index in [1.165, 1.54) is 11.8 Å². The first kappa shape index (κ1) is 18.8. The van der Waals surface area contributed by atoms with Crippen LogP contribution in [0.15, 0.2) is 47.6 Å². The maximum absolute atomic E-state index is 12.2. The maximum atomic E-state index is 12.2. The molecule has 3 aromatic rings. The fourth-order valence-electron chi connectivity index (χ4n) is 2.39. The normalized spacial score (nSPS) is 10.8. The van der Waals surface area contributed by atoms with Crippen molar-refractivity contribution in [3.05, 3.63) is 58.1 Å². The Labute approximate surface area is 165 Å². The van der Waals surface area contributed by atoms with Crippen molar-refractivity contribution in [2.75, 3.05) is 11.1 Å². The Balaban J connectivity index is 1.67. The van der Waals surface area contributed by atoms with Gasteiger partial charge in [-0.2, -0.15) is 0 Å². The summed E-state index contributed by atoms with van der Waals surface area (Å²) >= 11 is 13.3. The quantitative estimate of drug-likeness (QED) is 0.616. The lowest BCUT2D eigenvalue weighted by molar-refractivity contribution is -0.113. The Morgan fingerprint density at radius 3 is 2.77 bits per heavy atom. The van der Waals surface area contributed by atoms with E-state index in [9.17, 15) is 4.79 Å². The van der Waals surface area contributed by atoms with Gasteiger partial charge in [0.05, 0.1) is 16.5 Å². The number of carbonyl (C=O) groups excluding carboxylic acids is 1. The molecule has 5 nitrogen and oxygen atoms in total. The molecular weight excluding hydrogens is 391 g/mol. The Kier molecular flexibility index (Phi) is 5.86. The molecule has 0 aliphatic rings. The molecule has 1 heterocycles. The molecule has 0 bridgehead atoms. The van der Waals surface area contributed by atoms with Crippen LogP contribution in [0.3, 0.4) is 0 Å². The minimum absolute atomic E-state index is 0.183. The van der Waals surface area contributed by atoms with E-state index in [1.807, 2.05) is 42.8 Å². The van der Waals surface area contributed by atoms with Crippen LogP contribution in [0, 0.1) is 6.92 Å². The van der Waals surface area contributed by atoms with Crippen LogP contribution in [-0.4, -0.2) is 26.4 Å². The number of halogens is 2. The van der Waals surface area contributed by atoms with Gasteiger partial charge in [-0.05, 0) is 31.2 Å². The maximum Gasteiger partial charge on any atom is 0.234 e. The van der Waals surface area contributed by atoms with Crippen LogP contribution >= 0.6 is 35.0 Å². The van der Waals surface area contributed by atoms with E-state index in [1.54, 1.807) is 18.2 Å². The highest BCUT2D eigenvalue weighted by Gasteiger charge is 2.14. The molecule has 1 amide bonds. The number of carbonyl (C=O) groups is 1. The van der Waals surface area contributed by atoms with Crippen molar-refractivity contribution >= 4 is 46.6 Å². The van der Waals surface area contributed by atoms with Gasteiger partial charge in [0.1, 0.15) is 0 Å². The Morgan fingerprint density at radius 1 is 1.19 bits per heavy atom. The SMILES string of the molecule is Cc1cccc(-c2nnc(SCC(=O)Nc3cc(Cl)ccc3Cl)n2C)c1. The first-order valence-electron chi connectivity index (χ1n) is 7.78. The predicted octanol–water partition coefficient (Wildman–Crippen LogP) is 4.83. The molecule has 0 radical (unpaired) electrons. The third kappa shape index (κ3) is 4.38. The second-order valence-electron chi connectivity index (χ2n) is 5.70. The Morgan fingerprint density at radius 2 is 2.00 bits per heavy atom. The molecule has 134 valence electrons. The summed E-state index contributed by atoms with van der Waals surface area (Å²) in [6.45, 7) is 2.03. The average molecular weight is 407 g/mol. The van der Waals surface area contributed by atoms with Crippen LogP contribution in [-0.2, 0) is 11.8 Å². The van der Waals surface area contributed by atoms with Gasteiger partial charge in [-0.1, -0.05) is 58.7 Å². The summed E-state index contributed by atoms with van der Waals surface area (Å²) in [6.07, 6.45) is 0. The van der Waals surface area contributed by atoms with Crippen LogP contribution in [0.5, 0.6) is 0 Å². The summed E-state index contributed by atoms with van der Waals surface area (Å²) in [5.41, 5.74) is 2.63. The van der Waals surface area contributed by atoms with E-state index in [0.717, 1.165) is 17.0 Å². The monoisotopic (exact) mass is 406 g/mol. The molecule has 3 rings (SSSR count). The number of anilines is 1. The number of aromatic nitrogens is 3. The Bertz CT molecular complexity index is 958. The van der Waals surface area contributed by atoms with Gasteiger partial charge in [0, 0.05) is 17.6 Å². The van der Waals surface area contributed by atoms with Crippen LogP contribution in [0.4, 0.5) is 5.69 Å². The molecule has 2 aromatic carbocycles. The number of aryl methyl sites for hydroxylation is 1. The fraction of sp³-hybridized carbons (Fsp3) is 0.167. The largest absolute Gasteiger partial charge is 0.324 e. The zero-order valence-corrected chi connectivity index (χ0v) is 16.5. The van der Waals surface area contributed by atoms with Crippen molar-refractivity contribution in [2.45, 2.75) is 12.1 Å². The van der Waals surface area contributed by atoms with Gasteiger partial charge in [-0.3, -0.25) is 4.79 Å². The lowest BCUT2D eigenvalue weighted by Gasteiger charge is -2.08. The molecule has 0 aliphatic heterocycles. The molecule has 8 heteroatoms. The molecule has 1 aromatic heterocycles.